The topological polar surface area (TPSA) is 181 Å². The molecule has 12 nitrogen and oxygen atoms in total. The number of hydrogen-bond donors (Lipinski definition) is 2. The second-order valence-corrected chi connectivity index (χ2v) is 17.4. The van der Waals surface area contributed by atoms with E-state index in [-0.39, 0.29) is 61.8 Å². The molecule has 1 aromatic heterocycles. The molecule has 1 fully saturated rings. The molecule has 12 heteroatoms. The molecule has 59 heavy (non-hydrogen) atoms. The van der Waals surface area contributed by atoms with Crippen molar-refractivity contribution in [3.63, 3.8) is 0 Å². The summed E-state index contributed by atoms with van der Waals surface area (Å²) in [5, 5.41) is 13.0. The first-order valence-electron chi connectivity index (χ1n) is 21.0. The highest BCUT2D eigenvalue weighted by molar-refractivity contribution is 6.38. The van der Waals surface area contributed by atoms with Crippen molar-refractivity contribution in [3.8, 4) is 0 Å². The van der Waals surface area contributed by atoms with Gasteiger partial charge in [-0.15, -0.1) is 0 Å². The van der Waals surface area contributed by atoms with Crippen LogP contribution in [0.3, 0.4) is 0 Å². The van der Waals surface area contributed by atoms with Crippen LogP contribution in [0.2, 0.25) is 0 Å². The summed E-state index contributed by atoms with van der Waals surface area (Å²) in [6, 6.07) is 14.4. The maximum absolute atomic E-state index is 14.9. The second kappa shape index (κ2) is 20.5. The van der Waals surface area contributed by atoms with Gasteiger partial charge in [0, 0.05) is 56.5 Å². The van der Waals surface area contributed by atoms with Gasteiger partial charge in [0.1, 0.15) is 11.7 Å². The largest absolute Gasteiger partial charge is 0.481 e. The minimum absolute atomic E-state index is 0.0591. The molecule has 1 aliphatic carbocycles. The number of benzene rings is 2. The van der Waals surface area contributed by atoms with Crippen LogP contribution >= 0.6 is 0 Å². The Morgan fingerprint density at radius 2 is 1.53 bits per heavy atom. The fourth-order valence-electron chi connectivity index (χ4n) is 8.61. The Balaban J connectivity index is 1.38. The van der Waals surface area contributed by atoms with Gasteiger partial charge >= 0.3 is 5.97 Å². The van der Waals surface area contributed by atoms with Gasteiger partial charge in [0.2, 0.25) is 17.6 Å². The molecule has 2 heterocycles. The van der Waals surface area contributed by atoms with Gasteiger partial charge in [-0.25, -0.2) is 4.98 Å². The van der Waals surface area contributed by atoms with Crippen molar-refractivity contribution in [2.24, 2.45) is 29.1 Å². The summed E-state index contributed by atoms with van der Waals surface area (Å²) in [7, 11) is 0. The standard InChI is InChI=1S/C47H58N4O8/c1-5-14-33(42(55)41(54)26-35(46(58)59)23-30-15-8-6-9-16-30)25-40(53)38-24-32-19-12-13-20-34(32)29-51(38)45(57)43(47(2,3)4)50-44(56)36(31-17-10-7-11-18-31)27-39(52)37-28-48-21-22-49-37/h6,8-9,12-13,15-16,19-22,28,31,33,35-36,38,43H,5,7,10-11,14,17-18,23-27,29H2,1-4H3,(H,50,56)(H,58,59)/t33-,35-,36+,38-,43+/m0/s1. The maximum atomic E-state index is 14.9. The number of carbonyl (C=O) groups is 7. The van der Waals surface area contributed by atoms with Gasteiger partial charge in [-0.1, -0.05) is 108 Å². The van der Waals surface area contributed by atoms with Gasteiger partial charge in [0.15, 0.2) is 17.3 Å². The van der Waals surface area contributed by atoms with Crippen molar-refractivity contribution in [1.82, 2.24) is 20.2 Å². The van der Waals surface area contributed by atoms with Crippen molar-refractivity contribution >= 4 is 40.9 Å². The summed E-state index contributed by atoms with van der Waals surface area (Å²) in [6.45, 7) is 7.46. The molecule has 1 saturated carbocycles. The fraction of sp³-hybridized carbons (Fsp3) is 0.511. The van der Waals surface area contributed by atoms with E-state index in [0.29, 0.717) is 6.42 Å². The van der Waals surface area contributed by atoms with E-state index in [9.17, 15) is 38.7 Å². The Kier molecular flexibility index (Phi) is 15.6. The molecular weight excluding hydrogens is 749 g/mol. The van der Waals surface area contributed by atoms with E-state index in [4.69, 9.17) is 0 Å². The molecule has 2 N–H and O–H groups in total. The summed E-state index contributed by atoms with van der Waals surface area (Å²) in [6.07, 6.45) is 8.92. The van der Waals surface area contributed by atoms with Gasteiger partial charge in [-0.3, -0.25) is 38.5 Å². The molecule has 3 aromatic rings. The lowest BCUT2D eigenvalue weighted by molar-refractivity contribution is -0.148. The fourth-order valence-corrected chi connectivity index (χ4v) is 8.61. The molecule has 5 rings (SSSR count). The number of rotatable bonds is 19. The molecule has 0 radical (unpaired) electrons. The number of fused-ring (bicyclic) bond motifs is 1. The molecule has 1 aliphatic heterocycles. The van der Waals surface area contributed by atoms with Gasteiger partial charge < -0.3 is 15.3 Å². The Bertz CT molecular complexity index is 1970. The number of carboxylic acid groups (broad SMARTS) is 1. The predicted octanol–water partition coefficient (Wildman–Crippen LogP) is 6.58. The third-order valence-corrected chi connectivity index (χ3v) is 11.9. The van der Waals surface area contributed by atoms with Crippen LogP contribution in [0, 0.1) is 29.1 Å². The van der Waals surface area contributed by atoms with Crippen molar-refractivity contribution in [1.29, 1.82) is 0 Å². The minimum atomic E-state index is -1.18. The average Bonchev–Trinajstić information content (AvgIpc) is 3.23. The smallest absolute Gasteiger partial charge is 0.307 e. The third kappa shape index (κ3) is 11.9. The summed E-state index contributed by atoms with van der Waals surface area (Å²) in [4.78, 5) is 106. The molecule has 0 bridgehead atoms. The van der Waals surface area contributed by atoms with E-state index in [2.05, 4.69) is 15.3 Å². The number of carbonyl (C=O) groups excluding carboxylic acids is 6. The lowest BCUT2D eigenvalue weighted by Gasteiger charge is -2.42. The molecule has 2 amide bonds. The highest BCUT2D eigenvalue weighted by Crippen LogP contribution is 2.35. The number of ketones is 4. The van der Waals surface area contributed by atoms with Crippen LogP contribution in [0.4, 0.5) is 0 Å². The first-order chi connectivity index (χ1) is 28.2. The number of carboxylic acids is 1. The van der Waals surface area contributed by atoms with E-state index >= 15 is 0 Å². The van der Waals surface area contributed by atoms with Crippen LogP contribution in [0.15, 0.2) is 73.2 Å². The summed E-state index contributed by atoms with van der Waals surface area (Å²) in [5.74, 6) is -7.20. The molecule has 2 aromatic carbocycles. The number of nitrogens with one attached hydrogen (secondary N) is 1. The molecule has 0 saturated heterocycles. The zero-order chi connectivity index (χ0) is 42.7. The Hall–Kier alpha value is -5.39. The van der Waals surface area contributed by atoms with Crippen molar-refractivity contribution < 1.29 is 38.7 Å². The predicted molar refractivity (Wildman–Crippen MR) is 221 cm³/mol. The summed E-state index contributed by atoms with van der Waals surface area (Å²) in [5.41, 5.74) is 1.83. The lowest BCUT2D eigenvalue weighted by atomic mass is 9.76. The first-order valence-corrected chi connectivity index (χ1v) is 21.0. The van der Waals surface area contributed by atoms with E-state index in [1.54, 1.807) is 30.3 Å². The van der Waals surface area contributed by atoms with E-state index in [1.165, 1.54) is 23.5 Å². The van der Waals surface area contributed by atoms with Crippen LogP contribution in [-0.2, 0) is 48.2 Å². The van der Waals surface area contributed by atoms with Crippen LogP contribution in [-0.4, -0.2) is 73.0 Å². The van der Waals surface area contributed by atoms with Crippen LogP contribution in [0.5, 0.6) is 0 Å². The van der Waals surface area contributed by atoms with E-state index in [1.807, 2.05) is 52.0 Å². The number of hydrogen-bond acceptors (Lipinski definition) is 9. The number of aromatic nitrogens is 2. The molecule has 2 aliphatic rings. The number of amides is 2. The normalized spacial score (nSPS) is 17.8. The van der Waals surface area contributed by atoms with E-state index < -0.39 is 71.0 Å². The minimum Gasteiger partial charge on any atom is -0.481 e. The molecular formula is C47H58N4O8. The first kappa shape index (κ1) is 44.7. The molecule has 5 atom stereocenters. The molecule has 0 spiro atoms. The highest BCUT2D eigenvalue weighted by atomic mass is 16.4. The number of aliphatic carboxylic acids is 1. The van der Waals surface area contributed by atoms with Crippen molar-refractivity contribution in [2.45, 2.75) is 123 Å². The van der Waals surface area contributed by atoms with Crippen molar-refractivity contribution in [2.75, 3.05) is 0 Å². The molecule has 314 valence electrons. The second-order valence-electron chi connectivity index (χ2n) is 17.4. The van der Waals surface area contributed by atoms with Gasteiger partial charge in [0.05, 0.1) is 18.2 Å². The lowest BCUT2D eigenvalue weighted by Crippen LogP contribution is -2.60. The number of Topliss-reactive ketones (excluding diaryl/α,β-unsaturated/α-hetero) is 4. The quantitative estimate of drug-likeness (QED) is 0.0993. The zero-order valence-electron chi connectivity index (χ0n) is 34.7. The maximum Gasteiger partial charge on any atom is 0.307 e. The Morgan fingerprint density at radius 1 is 0.847 bits per heavy atom. The average molecular weight is 807 g/mol. The monoisotopic (exact) mass is 806 g/mol. The van der Waals surface area contributed by atoms with Crippen LogP contribution in [0.25, 0.3) is 0 Å². The van der Waals surface area contributed by atoms with Gasteiger partial charge in [-0.2, -0.15) is 0 Å². The van der Waals surface area contributed by atoms with Crippen LogP contribution < -0.4 is 5.32 Å². The summed E-state index contributed by atoms with van der Waals surface area (Å²) < 4.78 is 0. The SMILES string of the molecule is CCC[C@@H](CC(=O)[C@@H]1Cc2ccccc2CN1C(=O)[C@@H](NC(=O)[C@H](CC(=O)c1cnccn1)C1CCCCC1)C(C)(C)C)C(=O)C(=O)C[C@H](Cc1ccccc1)C(=O)O. The zero-order valence-corrected chi connectivity index (χ0v) is 34.7. The molecule has 0 unspecified atom stereocenters. The van der Waals surface area contributed by atoms with Gasteiger partial charge in [0.25, 0.3) is 0 Å². The van der Waals surface area contributed by atoms with E-state index in [0.717, 1.165) is 48.8 Å². The third-order valence-electron chi connectivity index (χ3n) is 11.9. The Morgan fingerprint density at radius 3 is 2.15 bits per heavy atom. The highest BCUT2D eigenvalue weighted by Gasteiger charge is 2.44. The summed E-state index contributed by atoms with van der Waals surface area (Å²) >= 11 is 0. The van der Waals surface area contributed by atoms with Crippen molar-refractivity contribution in [3.05, 3.63) is 95.6 Å². The Labute approximate surface area is 347 Å². The van der Waals surface area contributed by atoms with Gasteiger partial charge in [-0.05, 0) is 53.7 Å². The van der Waals surface area contributed by atoms with Crippen LogP contribution in [0.1, 0.15) is 119 Å². The number of nitrogens with zero attached hydrogens (tertiary/aromatic N) is 3.